The van der Waals surface area contributed by atoms with Crippen molar-refractivity contribution in [3.63, 3.8) is 0 Å². The van der Waals surface area contributed by atoms with Crippen LogP contribution in [0.15, 0.2) is 0 Å². The summed E-state index contributed by atoms with van der Waals surface area (Å²) in [4.78, 5) is 26.2. The zero-order valence-electron chi connectivity index (χ0n) is 16.9. The van der Waals surface area contributed by atoms with Crippen molar-refractivity contribution >= 4 is 12.0 Å². The molecule has 2 atom stereocenters. The molecule has 0 aromatic rings. The van der Waals surface area contributed by atoms with Crippen LogP contribution in [0, 0.1) is 5.92 Å². The molecule has 2 aliphatic heterocycles. The standard InChI is InChI=1S/C19H35N3O5/c1-19(2,3)27-18(24)20-7-4-5-17(23)21-13-16(15-6-10-26-14-15)22-8-11-25-12-9-22/h15-16H,4-14H2,1-3H3,(H,20,24)(H,21,23). The van der Waals surface area contributed by atoms with E-state index >= 15 is 0 Å². The number of alkyl carbamates (subject to hydrolysis) is 1. The quantitative estimate of drug-likeness (QED) is 0.609. The van der Waals surface area contributed by atoms with Gasteiger partial charge in [-0.05, 0) is 33.6 Å². The molecular weight excluding hydrogens is 350 g/mol. The molecule has 0 saturated carbocycles. The van der Waals surface area contributed by atoms with E-state index in [9.17, 15) is 9.59 Å². The van der Waals surface area contributed by atoms with E-state index in [0.717, 1.165) is 45.9 Å². The average Bonchev–Trinajstić information content (AvgIpc) is 3.13. The number of carbonyl (C=O) groups is 2. The maximum atomic E-state index is 12.2. The van der Waals surface area contributed by atoms with E-state index in [1.54, 1.807) is 0 Å². The summed E-state index contributed by atoms with van der Waals surface area (Å²) in [7, 11) is 0. The van der Waals surface area contributed by atoms with Crippen molar-refractivity contribution < 1.29 is 23.8 Å². The molecule has 0 bridgehead atoms. The molecule has 0 aromatic heterocycles. The summed E-state index contributed by atoms with van der Waals surface area (Å²) in [5, 5.41) is 5.74. The Hall–Kier alpha value is -1.38. The van der Waals surface area contributed by atoms with Crippen LogP contribution in [0.4, 0.5) is 4.79 Å². The number of amides is 2. The minimum atomic E-state index is -0.514. The molecule has 2 N–H and O–H groups in total. The number of nitrogens with zero attached hydrogens (tertiary/aromatic N) is 1. The van der Waals surface area contributed by atoms with Crippen molar-refractivity contribution in [1.29, 1.82) is 0 Å². The van der Waals surface area contributed by atoms with Crippen molar-refractivity contribution in [3.8, 4) is 0 Å². The van der Waals surface area contributed by atoms with E-state index < -0.39 is 11.7 Å². The molecular formula is C19H35N3O5. The molecule has 8 heteroatoms. The lowest BCUT2D eigenvalue weighted by molar-refractivity contribution is -0.121. The number of carbonyl (C=O) groups excluding carboxylic acids is 2. The monoisotopic (exact) mass is 385 g/mol. The Balaban J connectivity index is 1.66. The second-order valence-corrected chi connectivity index (χ2v) is 8.18. The maximum Gasteiger partial charge on any atom is 0.407 e. The molecule has 2 aliphatic rings. The molecule has 2 fully saturated rings. The summed E-state index contributed by atoms with van der Waals surface area (Å²) in [6, 6.07) is 0.292. The van der Waals surface area contributed by atoms with Crippen molar-refractivity contribution in [2.75, 3.05) is 52.6 Å². The Morgan fingerprint density at radius 1 is 1.15 bits per heavy atom. The SMILES string of the molecule is CC(C)(C)OC(=O)NCCCC(=O)NCC(C1CCOC1)N1CCOCC1. The number of nitrogens with one attached hydrogen (secondary N) is 2. The van der Waals surface area contributed by atoms with Gasteiger partial charge in [0.25, 0.3) is 0 Å². The third-order valence-electron chi connectivity index (χ3n) is 4.78. The number of morpholine rings is 1. The van der Waals surface area contributed by atoms with Gasteiger partial charge in [0.1, 0.15) is 5.60 Å². The van der Waals surface area contributed by atoms with Crippen LogP contribution >= 0.6 is 0 Å². The van der Waals surface area contributed by atoms with Crippen LogP contribution in [0.2, 0.25) is 0 Å². The molecule has 0 radical (unpaired) electrons. The first-order valence-electron chi connectivity index (χ1n) is 9.98. The molecule has 0 aromatic carbocycles. The molecule has 0 spiro atoms. The summed E-state index contributed by atoms with van der Waals surface area (Å²) in [5.41, 5.74) is -0.514. The highest BCUT2D eigenvalue weighted by Gasteiger charge is 2.31. The Bertz CT molecular complexity index is 468. The fraction of sp³-hybridized carbons (Fsp3) is 0.895. The lowest BCUT2D eigenvalue weighted by Crippen LogP contribution is -2.52. The van der Waals surface area contributed by atoms with Gasteiger partial charge in [-0.2, -0.15) is 0 Å². The third kappa shape index (κ3) is 8.45. The normalized spacial score (nSPS) is 22.3. The van der Waals surface area contributed by atoms with Crippen LogP contribution in [0.1, 0.15) is 40.0 Å². The van der Waals surface area contributed by atoms with Gasteiger partial charge in [0.2, 0.25) is 5.91 Å². The van der Waals surface area contributed by atoms with E-state index in [0.29, 0.717) is 37.9 Å². The second kappa shape index (κ2) is 10.8. The molecule has 27 heavy (non-hydrogen) atoms. The summed E-state index contributed by atoms with van der Waals surface area (Å²) >= 11 is 0. The zero-order valence-corrected chi connectivity index (χ0v) is 16.9. The summed E-state index contributed by atoms with van der Waals surface area (Å²) in [5.74, 6) is 0.468. The highest BCUT2D eigenvalue weighted by Crippen LogP contribution is 2.21. The Morgan fingerprint density at radius 3 is 2.52 bits per heavy atom. The van der Waals surface area contributed by atoms with Gasteiger partial charge in [-0.1, -0.05) is 0 Å². The molecule has 0 aliphatic carbocycles. The lowest BCUT2D eigenvalue weighted by Gasteiger charge is -2.37. The predicted molar refractivity (Wildman–Crippen MR) is 102 cm³/mol. The summed E-state index contributed by atoms with van der Waals surface area (Å²) < 4.78 is 16.2. The highest BCUT2D eigenvalue weighted by molar-refractivity contribution is 5.76. The van der Waals surface area contributed by atoms with Crippen LogP contribution in [-0.4, -0.2) is 81.1 Å². The molecule has 2 unspecified atom stereocenters. The van der Waals surface area contributed by atoms with E-state index in [2.05, 4.69) is 15.5 Å². The van der Waals surface area contributed by atoms with Crippen molar-refractivity contribution in [2.24, 2.45) is 5.92 Å². The van der Waals surface area contributed by atoms with E-state index in [4.69, 9.17) is 14.2 Å². The van der Waals surface area contributed by atoms with Crippen molar-refractivity contribution in [1.82, 2.24) is 15.5 Å². The molecule has 8 nitrogen and oxygen atoms in total. The van der Waals surface area contributed by atoms with E-state index in [1.807, 2.05) is 20.8 Å². The van der Waals surface area contributed by atoms with Crippen LogP contribution in [0.3, 0.4) is 0 Å². The number of hydrogen-bond acceptors (Lipinski definition) is 6. The second-order valence-electron chi connectivity index (χ2n) is 8.18. The van der Waals surface area contributed by atoms with Crippen molar-refractivity contribution in [2.45, 2.75) is 51.7 Å². The van der Waals surface area contributed by atoms with Gasteiger partial charge in [-0.25, -0.2) is 4.79 Å². The Kier molecular flexibility index (Phi) is 8.79. The first-order chi connectivity index (χ1) is 12.8. The maximum absolute atomic E-state index is 12.2. The van der Waals surface area contributed by atoms with E-state index in [1.165, 1.54) is 0 Å². The topological polar surface area (TPSA) is 89.1 Å². The van der Waals surface area contributed by atoms with Gasteiger partial charge in [-0.15, -0.1) is 0 Å². The molecule has 2 saturated heterocycles. The molecule has 2 heterocycles. The Morgan fingerprint density at radius 2 is 1.89 bits per heavy atom. The lowest BCUT2D eigenvalue weighted by atomic mass is 9.97. The molecule has 156 valence electrons. The van der Waals surface area contributed by atoms with Crippen LogP contribution in [0.5, 0.6) is 0 Å². The zero-order chi connectivity index (χ0) is 19.7. The number of rotatable bonds is 8. The van der Waals surface area contributed by atoms with E-state index in [-0.39, 0.29) is 5.91 Å². The van der Waals surface area contributed by atoms with Gasteiger partial charge in [0, 0.05) is 51.2 Å². The highest BCUT2D eigenvalue weighted by atomic mass is 16.6. The number of hydrogen-bond donors (Lipinski definition) is 2. The predicted octanol–water partition coefficient (Wildman–Crippen LogP) is 1.14. The first kappa shape index (κ1) is 21.9. The summed E-state index contributed by atoms with van der Waals surface area (Å²) in [6.07, 6.45) is 1.56. The van der Waals surface area contributed by atoms with Gasteiger partial charge >= 0.3 is 6.09 Å². The van der Waals surface area contributed by atoms with Crippen LogP contribution in [-0.2, 0) is 19.0 Å². The fourth-order valence-corrected chi connectivity index (χ4v) is 3.42. The molecule has 2 rings (SSSR count). The van der Waals surface area contributed by atoms with Gasteiger partial charge < -0.3 is 24.8 Å². The van der Waals surface area contributed by atoms with Gasteiger partial charge in [-0.3, -0.25) is 9.69 Å². The minimum Gasteiger partial charge on any atom is -0.444 e. The number of ether oxygens (including phenoxy) is 3. The third-order valence-corrected chi connectivity index (χ3v) is 4.78. The summed E-state index contributed by atoms with van der Waals surface area (Å²) in [6.45, 7) is 11.4. The van der Waals surface area contributed by atoms with Crippen molar-refractivity contribution in [3.05, 3.63) is 0 Å². The van der Waals surface area contributed by atoms with Gasteiger partial charge in [0.15, 0.2) is 0 Å². The van der Waals surface area contributed by atoms with Gasteiger partial charge in [0.05, 0.1) is 19.8 Å². The minimum absolute atomic E-state index is 0.0122. The largest absolute Gasteiger partial charge is 0.444 e. The average molecular weight is 386 g/mol. The van der Waals surface area contributed by atoms with Crippen LogP contribution < -0.4 is 10.6 Å². The first-order valence-corrected chi connectivity index (χ1v) is 9.98. The molecule has 2 amide bonds. The van der Waals surface area contributed by atoms with Crippen LogP contribution in [0.25, 0.3) is 0 Å². The smallest absolute Gasteiger partial charge is 0.407 e. The Labute approximate surface area is 162 Å². The fourth-order valence-electron chi connectivity index (χ4n) is 3.42.